The molecule has 2 rings (SSSR count). The average Bonchev–Trinajstić information content (AvgIpc) is 2.48. The standard InChI is InChI=1S/C8H9N3S/c1-2-9-3-5-11(4-1)8-6-10-7-12-8/h1-3,6-7H,4-5H2. The van der Waals surface area contributed by atoms with Crippen LogP contribution < -0.4 is 4.90 Å². The predicted molar refractivity (Wildman–Crippen MR) is 52.0 cm³/mol. The Morgan fingerprint density at radius 2 is 2.42 bits per heavy atom. The number of aromatic nitrogens is 1. The quantitative estimate of drug-likeness (QED) is 0.654. The highest BCUT2D eigenvalue weighted by atomic mass is 32.1. The summed E-state index contributed by atoms with van der Waals surface area (Å²) in [5.74, 6) is 0. The van der Waals surface area contributed by atoms with Crippen molar-refractivity contribution >= 4 is 22.6 Å². The lowest BCUT2D eigenvalue weighted by Crippen LogP contribution is -2.23. The molecule has 2 heterocycles. The van der Waals surface area contributed by atoms with Gasteiger partial charge in [0.15, 0.2) is 0 Å². The Morgan fingerprint density at radius 1 is 1.42 bits per heavy atom. The number of rotatable bonds is 1. The highest BCUT2D eigenvalue weighted by molar-refractivity contribution is 7.13. The van der Waals surface area contributed by atoms with Crippen LogP contribution in [-0.2, 0) is 0 Å². The molecule has 0 unspecified atom stereocenters. The zero-order valence-corrected chi connectivity index (χ0v) is 7.37. The van der Waals surface area contributed by atoms with Gasteiger partial charge in [0.1, 0.15) is 5.00 Å². The molecule has 0 aromatic carbocycles. The Labute approximate surface area is 75.1 Å². The molecule has 0 fully saturated rings. The van der Waals surface area contributed by atoms with E-state index < -0.39 is 0 Å². The maximum atomic E-state index is 4.07. The number of hydrogen-bond donors (Lipinski definition) is 0. The number of aliphatic imine (C=N–C) groups is 1. The molecule has 4 heteroatoms. The van der Waals surface area contributed by atoms with E-state index in [0.29, 0.717) is 0 Å². The van der Waals surface area contributed by atoms with Gasteiger partial charge in [-0.05, 0) is 6.08 Å². The highest BCUT2D eigenvalue weighted by Gasteiger charge is 2.05. The maximum absolute atomic E-state index is 4.07. The zero-order chi connectivity index (χ0) is 8.23. The fourth-order valence-corrected chi connectivity index (χ4v) is 1.71. The molecule has 0 saturated heterocycles. The molecule has 0 aliphatic carbocycles. The molecular formula is C8H9N3S. The number of thiazole rings is 1. The molecule has 62 valence electrons. The normalized spacial score (nSPS) is 16.5. The van der Waals surface area contributed by atoms with E-state index in [2.05, 4.69) is 14.9 Å². The van der Waals surface area contributed by atoms with Crippen LogP contribution in [0.25, 0.3) is 0 Å². The van der Waals surface area contributed by atoms with E-state index in [4.69, 9.17) is 0 Å². The van der Waals surface area contributed by atoms with Crippen molar-refractivity contribution in [2.45, 2.75) is 0 Å². The molecule has 3 nitrogen and oxygen atoms in total. The minimum Gasteiger partial charge on any atom is -0.353 e. The summed E-state index contributed by atoms with van der Waals surface area (Å²) in [6.45, 7) is 1.79. The first-order valence-electron chi connectivity index (χ1n) is 3.77. The van der Waals surface area contributed by atoms with Crippen molar-refractivity contribution in [3.05, 3.63) is 24.0 Å². The van der Waals surface area contributed by atoms with E-state index in [9.17, 15) is 0 Å². The van der Waals surface area contributed by atoms with Gasteiger partial charge in [-0.1, -0.05) is 0 Å². The first-order valence-corrected chi connectivity index (χ1v) is 4.65. The lowest BCUT2D eigenvalue weighted by atomic mass is 10.5. The molecular weight excluding hydrogens is 170 g/mol. The molecule has 0 spiro atoms. The smallest absolute Gasteiger partial charge is 0.112 e. The number of nitrogens with zero attached hydrogens (tertiary/aromatic N) is 3. The molecule has 0 atom stereocenters. The number of hydrogen-bond acceptors (Lipinski definition) is 4. The summed E-state index contributed by atoms with van der Waals surface area (Å²) in [6.07, 6.45) is 7.67. The van der Waals surface area contributed by atoms with Crippen molar-refractivity contribution in [3.63, 3.8) is 0 Å². The highest BCUT2D eigenvalue weighted by Crippen LogP contribution is 2.18. The predicted octanol–water partition coefficient (Wildman–Crippen LogP) is 1.55. The molecule has 1 aromatic heterocycles. The fraction of sp³-hybridized carbons (Fsp3) is 0.250. The Bertz CT molecular complexity index is 275. The van der Waals surface area contributed by atoms with Crippen LogP contribution in [0, 0.1) is 0 Å². The van der Waals surface area contributed by atoms with Crippen molar-refractivity contribution in [2.24, 2.45) is 4.99 Å². The molecule has 0 bridgehead atoms. The van der Waals surface area contributed by atoms with Gasteiger partial charge in [0.2, 0.25) is 0 Å². The minimum absolute atomic E-state index is 0.870. The summed E-state index contributed by atoms with van der Waals surface area (Å²) >= 11 is 1.66. The Kier molecular flexibility index (Phi) is 2.18. The third-order valence-electron chi connectivity index (χ3n) is 1.66. The molecule has 0 radical (unpaired) electrons. The molecule has 0 N–H and O–H groups in total. The first-order chi connectivity index (χ1) is 5.97. The van der Waals surface area contributed by atoms with Crippen LogP contribution in [0.1, 0.15) is 0 Å². The van der Waals surface area contributed by atoms with E-state index in [1.54, 1.807) is 11.3 Å². The summed E-state index contributed by atoms with van der Waals surface area (Å²) < 4.78 is 0. The van der Waals surface area contributed by atoms with Crippen LogP contribution >= 0.6 is 11.3 Å². The summed E-state index contributed by atoms with van der Waals surface area (Å²) in [6, 6.07) is 0. The second-order valence-electron chi connectivity index (χ2n) is 2.46. The molecule has 0 saturated carbocycles. The van der Waals surface area contributed by atoms with Crippen molar-refractivity contribution < 1.29 is 0 Å². The van der Waals surface area contributed by atoms with E-state index >= 15 is 0 Å². The second-order valence-corrected chi connectivity index (χ2v) is 3.33. The van der Waals surface area contributed by atoms with Gasteiger partial charge >= 0.3 is 0 Å². The van der Waals surface area contributed by atoms with Crippen LogP contribution in [0.2, 0.25) is 0 Å². The monoisotopic (exact) mass is 179 g/mol. The Balaban J connectivity index is 2.14. The lowest BCUT2D eigenvalue weighted by Gasteiger charge is -2.16. The lowest BCUT2D eigenvalue weighted by molar-refractivity contribution is 1.00. The first kappa shape index (κ1) is 7.49. The van der Waals surface area contributed by atoms with Gasteiger partial charge in [-0.25, -0.2) is 0 Å². The van der Waals surface area contributed by atoms with Crippen molar-refractivity contribution in [3.8, 4) is 0 Å². The maximum Gasteiger partial charge on any atom is 0.112 e. The van der Waals surface area contributed by atoms with Gasteiger partial charge in [-0.2, -0.15) is 0 Å². The second kappa shape index (κ2) is 3.49. The van der Waals surface area contributed by atoms with E-state index in [1.165, 1.54) is 5.00 Å². The van der Waals surface area contributed by atoms with Crippen LogP contribution in [0.15, 0.2) is 29.0 Å². The van der Waals surface area contributed by atoms with E-state index in [0.717, 1.165) is 13.1 Å². The van der Waals surface area contributed by atoms with Gasteiger partial charge in [-0.15, -0.1) is 11.3 Å². The Hall–Kier alpha value is -1.16. The number of anilines is 1. The van der Waals surface area contributed by atoms with Crippen molar-refractivity contribution in [2.75, 3.05) is 18.0 Å². The molecule has 1 aliphatic rings. The minimum atomic E-state index is 0.870. The van der Waals surface area contributed by atoms with Crippen molar-refractivity contribution in [1.29, 1.82) is 0 Å². The van der Waals surface area contributed by atoms with Crippen LogP contribution in [0.4, 0.5) is 5.00 Å². The summed E-state index contributed by atoms with van der Waals surface area (Å²) in [5, 5.41) is 1.20. The molecule has 1 aliphatic heterocycles. The molecule has 1 aromatic rings. The Morgan fingerprint density at radius 3 is 3.25 bits per heavy atom. The fourth-order valence-electron chi connectivity index (χ4n) is 1.06. The summed E-state index contributed by atoms with van der Waals surface area (Å²) in [4.78, 5) is 10.3. The third-order valence-corrected chi connectivity index (χ3v) is 2.49. The van der Waals surface area contributed by atoms with Gasteiger partial charge in [0.05, 0.1) is 18.3 Å². The zero-order valence-electron chi connectivity index (χ0n) is 6.55. The summed E-state index contributed by atoms with van der Waals surface area (Å²) in [7, 11) is 0. The molecule has 12 heavy (non-hydrogen) atoms. The van der Waals surface area contributed by atoms with E-state index in [1.807, 2.05) is 30.2 Å². The van der Waals surface area contributed by atoms with Gasteiger partial charge in [0, 0.05) is 19.0 Å². The van der Waals surface area contributed by atoms with Gasteiger partial charge < -0.3 is 4.90 Å². The van der Waals surface area contributed by atoms with Crippen LogP contribution in [0.3, 0.4) is 0 Å². The SMILES string of the molecule is C1=CN=CCN(c2cncs2)C1. The average molecular weight is 179 g/mol. The van der Waals surface area contributed by atoms with Gasteiger partial charge in [-0.3, -0.25) is 9.98 Å². The van der Waals surface area contributed by atoms with Crippen LogP contribution in [-0.4, -0.2) is 24.3 Å². The topological polar surface area (TPSA) is 28.5 Å². The van der Waals surface area contributed by atoms with Crippen molar-refractivity contribution in [1.82, 2.24) is 4.98 Å². The van der Waals surface area contributed by atoms with Crippen LogP contribution in [0.5, 0.6) is 0 Å². The van der Waals surface area contributed by atoms with Gasteiger partial charge in [0.25, 0.3) is 0 Å². The molecule has 0 amide bonds. The van der Waals surface area contributed by atoms with E-state index in [-0.39, 0.29) is 0 Å². The third kappa shape index (κ3) is 1.53. The largest absolute Gasteiger partial charge is 0.353 e. The summed E-state index contributed by atoms with van der Waals surface area (Å²) in [5.41, 5.74) is 1.85.